The number of aromatic amines is 1. The van der Waals surface area contributed by atoms with Gasteiger partial charge in [0.05, 0.1) is 6.26 Å². The molecule has 0 aliphatic carbocycles. The second kappa shape index (κ2) is 2.73. The van der Waals surface area contributed by atoms with Crippen LogP contribution in [-0.2, 0) is 0 Å². The predicted octanol–water partition coefficient (Wildman–Crippen LogP) is 2.62. The van der Waals surface area contributed by atoms with Crippen molar-refractivity contribution in [3.05, 3.63) is 42.9 Å². The van der Waals surface area contributed by atoms with Crippen LogP contribution in [0, 0.1) is 6.20 Å². The maximum absolute atomic E-state index is 5.25. The summed E-state index contributed by atoms with van der Waals surface area (Å²) in [6, 6.07) is 7.88. The lowest BCUT2D eigenvalue weighted by atomic mass is 10.1. The van der Waals surface area contributed by atoms with Gasteiger partial charge in [0.1, 0.15) is 17.6 Å². The van der Waals surface area contributed by atoms with Gasteiger partial charge < -0.3 is 9.40 Å². The molecule has 0 bridgehead atoms. The summed E-state index contributed by atoms with van der Waals surface area (Å²) in [6.45, 7) is 0. The number of aromatic nitrogens is 2. The van der Waals surface area contributed by atoms with Gasteiger partial charge in [-0.25, -0.2) is 4.98 Å². The smallest absolute Gasteiger partial charge is 0.138 e. The van der Waals surface area contributed by atoms with Gasteiger partial charge >= 0.3 is 0 Å². The molecular formula is C11H7N2O. The summed E-state index contributed by atoms with van der Waals surface area (Å²) in [5.74, 6) is 0.827. The molecule has 3 heteroatoms. The van der Waals surface area contributed by atoms with Gasteiger partial charge in [0.15, 0.2) is 0 Å². The van der Waals surface area contributed by atoms with Crippen molar-refractivity contribution in [3.63, 3.8) is 0 Å². The molecule has 0 saturated heterocycles. The summed E-state index contributed by atoms with van der Waals surface area (Å²) >= 11 is 0. The van der Waals surface area contributed by atoms with Crippen molar-refractivity contribution < 1.29 is 4.42 Å². The maximum atomic E-state index is 5.25. The number of fused-ring (bicyclic) bond motifs is 1. The first kappa shape index (κ1) is 7.38. The lowest BCUT2D eigenvalue weighted by molar-refractivity contribution is 0.616. The SMILES string of the molecule is [c]1c[nH]c(-c2ccc3occc3c2)n1. The number of hydrogen-bond donors (Lipinski definition) is 1. The van der Waals surface area contributed by atoms with Gasteiger partial charge in [-0.05, 0) is 24.3 Å². The number of nitrogens with zero attached hydrogens (tertiary/aromatic N) is 1. The van der Waals surface area contributed by atoms with Crippen molar-refractivity contribution in [2.75, 3.05) is 0 Å². The van der Waals surface area contributed by atoms with E-state index in [2.05, 4.69) is 16.2 Å². The van der Waals surface area contributed by atoms with Crippen molar-refractivity contribution >= 4 is 11.0 Å². The van der Waals surface area contributed by atoms with E-state index < -0.39 is 0 Å². The van der Waals surface area contributed by atoms with Gasteiger partial charge in [-0.1, -0.05) is 0 Å². The zero-order valence-corrected chi connectivity index (χ0v) is 7.32. The summed E-state index contributed by atoms with van der Waals surface area (Å²) in [7, 11) is 0. The third-order valence-corrected chi connectivity index (χ3v) is 2.18. The molecular weight excluding hydrogens is 176 g/mol. The molecule has 0 unspecified atom stereocenters. The van der Waals surface area contributed by atoms with E-state index in [4.69, 9.17) is 4.42 Å². The fourth-order valence-corrected chi connectivity index (χ4v) is 1.49. The second-order valence-electron chi connectivity index (χ2n) is 3.05. The first-order chi connectivity index (χ1) is 6.93. The Hall–Kier alpha value is -2.03. The molecule has 2 heterocycles. The van der Waals surface area contributed by atoms with Crippen LogP contribution in [0.1, 0.15) is 0 Å². The van der Waals surface area contributed by atoms with Gasteiger partial charge in [0.2, 0.25) is 0 Å². The minimum absolute atomic E-state index is 0.827. The van der Waals surface area contributed by atoms with Gasteiger partial charge in [0.25, 0.3) is 0 Å². The van der Waals surface area contributed by atoms with E-state index in [0.717, 1.165) is 22.4 Å². The van der Waals surface area contributed by atoms with E-state index in [0.29, 0.717) is 0 Å². The summed E-state index contributed by atoms with van der Waals surface area (Å²) < 4.78 is 5.25. The minimum atomic E-state index is 0.827. The van der Waals surface area contributed by atoms with Crippen LogP contribution < -0.4 is 0 Å². The molecule has 3 aromatic rings. The quantitative estimate of drug-likeness (QED) is 0.630. The van der Waals surface area contributed by atoms with Gasteiger partial charge in [-0.15, -0.1) is 0 Å². The van der Waals surface area contributed by atoms with Crippen molar-refractivity contribution in [1.29, 1.82) is 0 Å². The Kier molecular flexibility index (Phi) is 1.44. The first-order valence-corrected chi connectivity index (χ1v) is 4.32. The van der Waals surface area contributed by atoms with Gasteiger partial charge in [-0.3, -0.25) is 0 Å². The van der Waals surface area contributed by atoms with Crippen LogP contribution in [-0.4, -0.2) is 9.97 Å². The van der Waals surface area contributed by atoms with Crippen molar-refractivity contribution in [2.45, 2.75) is 0 Å². The van der Waals surface area contributed by atoms with E-state index >= 15 is 0 Å². The molecule has 0 saturated carbocycles. The first-order valence-electron chi connectivity index (χ1n) is 4.32. The monoisotopic (exact) mass is 183 g/mol. The largest absolute Gasteiger partial charge is 0.464 e. The Morgan fingerprint density at radius 2 is 2.29 bits per heavy atom. The molecule has 1 N–H and O–H groups in total. The number of rotatable bonds is 1. The molecule has 3 nitrogen and oxygen atoms in total. The zero-order valence-electron chi connectivity index (χ0n) is 7.32. The number of benzene rings is 1. The van der Waals surface area contributed by atoms with Crippen molar-refractivity contribution in [1.82, 2.24) is 9.97 Å². The van der Waals surface area contributed by atoms with Crippen LogP contribution in [0.5, 0.6) is 0 Å². The number of hydrogen-bond acceptors (Lipinski definition) is 2. The maximum Gasteiger partial charge on any atom is 0.138 e. The molecule has 1 aromatic carbocycles. The Labute approximate surface area is 80.4 Å². The molecule has 0 aliphatic heterocycles. The van der Waals surface area contributed by atoms with Gasteiger partial charge in [0, 0.05) is 17.1 Å². The van der Waals surface area contributed by atoms with Crippen LogP contribution in [0.4, 0.5) is 0 Å². The lowest BCUT2D eigenvalue weighted by Gasteiger charge is -1.95. The van der Waals surface area contributed by atoms with E-state index in [-0.39, 0.29) is 0 Å². The molecule has 67 valence electrons. The number of furan rings is 1. The molecule has 0 spiro atoms. The average molecular weight is 183 g/mol. The molecule has 0 atom stereocenters. The van der Waals surface area contributed by atoms with E-state index in [1.54, 1.807) is 12.5 Å². The predicted molar refractivity (Wildman–Crippen MR) is 52.6 cm³/mol. The van der Waals surface area contributed by atoms with Crippen molar-refractivity contribution in [3.8, 4) is 11.4 Å². The number of nitrogens with one attached hydrogen (secondary N) is 1. The van der Waals surface area contributed by atoms with E-state index in [1.807, 2.05) is 24.3 Å². The average Bonchev–Trinajstić information content (AvgIpc) is 2.88. The highest BCUT2D eigenvalue weighted by Gasteiger charge is 2.02. The fourth-order valence-electron chi connectivity index (χ4n) is 1.49. The Bertz CT molecular complexity index is 551. The van der Waals surface area contributed by atoms with Crippen LogP contribution in [0.25, 0.3) is 22.4 Å². The van der Waals surface area contributed by atoms with Crippen LogP contribution in [0.15, 0.2) is 41.1 Å². The minimum Gasteiger partial charge on any atom is -0.464 e. The molecule has 2 aromatic heterocycles. The normalized spacial score (nSPS) is 10.9. The topological polar surface area (TPSA) is 41.8 Å². The van der Waals surface area contributed by atoms with Crippen LogP contribution in [0.3, 0.4) is 0 Å². The molecule has 0 amide bonds. The summed E-state index contributed by atoms with van der Waals surface area (Å²) in [5, 5.41) is 1.08. The molecule has 1 radical (unpaired) electrons. The third kappa shape index (κ3) is 1.03. The van der Waals surface area contributed by atoms with Crippen LogP contribution in [0.2, 0.25) is 0 Å². The fraction of sp³-hybridized carbons (Fsp3) is 0. The summed E-state index contributed by atoms with van der Waals surface area (Å²) in [4.78, 5) is 7.08. The van der Waals surface area contributed by atoms with Crippen molar-refractivity contribution in [2.24, 2.45) is 0 Å². The summed E-state index contributed by atoms with van der Waals surface area (Å²) in [6.07, 6.45) is 6.11. The Balaban J connectivity index is 2.23. The third-order valence-electron chi connectivity index (χ3n) is 2.18. The Morgan fingerprint density at radius 1 is 1.29 bits per heavy atom. The van der Waals surface area contributed by atoms with Gasteiger partial charge in [-0.2, -0.15) is 0 Å². The highest BCUT2D eigenvalue weighted by molar-refractivity contribution is 5.82. The van der Waals surface area contributed by atoms with E-state index in [9.17, 15) is 0 Å². The number of imidazole rings is 1. The standard InChI is InChI=1S/C11H7N2O/c1-2-10-8(3-6-14-10)7-9(1)11-12-4-5-13-11/h1-4,6-7H,(H,12,13). The molecule has 14 heavy (non-hydrogen) atoms. The van der Waals surface area contributed by atoms with E-state index in [1.165, 1.54) is 0 Å². The lowest BCUT2D eigenvalue weighted by Crippen LogP contribution is -1.78. The Morgan fingerprint density at radius 3 is 3.14 bits per heavy atom. The molecule has 3 rings (SSSR count). The molecule has 0 fully saturated rings. The summed E-state index contributed by atoms with van der Waals surface area (Å²) in [5.41, 5.74) is 1.93. The highest BCUT2D eigenvalue weighted by atomic mass is 16.3. The highest BCUT2D eigenvalue weighted by Crippen LogP contribution is 2.22. The van der Waals surface area contributed by atoms with Crippen LogP contribution >= 0.6 is 0 Å². The number of H-pyrrole nitrogens is 1. The molecule has 0 aliphatic rings. The zero-order chi connectivity index (χ0) is 9.38. The second-order valence-corrected chi connectivity index (χ2v) is 3.05.